The van der Waals surface area contributed by atoms with E-state index in [0.717, 1.165) is 0 Å². The molecule has 1 heterocycles. The minimum atomic E-state index is -1.66. The van der Waals surface area contributed by atoms with Crippen molar-refractivity contribution in [2.75, 3.05) is 13.7 Å². The zero-order valence-electron chi connectivity index (χ0n) is 11.2. The highest BCUT2D eigenvalue weighted by Gasteiger charge is 2.43. The predicted octanol–water partition coefficient (Wildman–Crippen LogP) is 1.29. The maximum Gasteiger partial charge on any atom is 0.323 e. The molecule has 6 nitrogen and oxygen atoms in total. The van der Waals surface area contributed by atoms with Crippen LogP contribution in [-0.2, 0) is 20.7 Å². The SMILES string of the molecule is CCOC(=O)C(C)(Cc1cccnc1OC)C(=O)O. The first kappa shape index (κ1) is 14.9. The summed E-state index contributed by atoms with van der Waals surface area (Å²) >= 11 is 0. The highest BCUT2D eigenvalue weighted by molar-refractivity contribution is 5.99. The van der Waals surface area contributed by atoms with E-state index in [0.29, 0.717) is 11.4 Å². The van der Waals surface area contributed by atoms with Crippen molar-refractivity contribution < 1.29 is 24.2 Å². The van der Waals surface area contributed by atoms with E-state index in [1.165, 1.54) is 20.2 Å². The number of rotatable bonds is 6. The first-order valence-corrected chi connectivity index (χ1v) is 5.84. The van der Waals surface area contributed by atoms with Crippen molar-refractivity contribution in [1.82, 2.24) is 4.98 Å². The number of ether oxygens (including phenoxy) is 2. The molecule has 0 saturated carbocycles. The van der Waals surface area contributed by atoms with Gasteiger partial charge in [-0.2, -0.15) is 0 Å². The highest BCUT2D eigenvalue weighted by atomic mass is 16.5. The second-order valence-electron chi connectivity index (χ2n) is 4.21. The van der Waals surface area contributed by atoms with Crippen LogP contribution in [0.3, 0.4) is 0 Å². The fourth-order valence-corrected chi connectivity index (χ4v) is 1.65. The van der Waals surface area contributed by atoms with E-state index in [-0.39, 0.29) is 13.0 Å². The van der Waals surface area contributed by atoms with Crippen LogP contribution < -0.4 is 4.74 Å². The molecule has 19 heavy (non-hydrogen) atoms. The number of carbonyl (C=O) groups excluding carboxylic acids is 1. The van der Waals surface area contributed by atoms with Crippen molar-refractivity contribution in [2.45, 2.75) is 20.3 Å². The lowest BCUT2D eigenvalue weighted by Gasteiger charge is -2.23. The Kier molecular flexibility index (Phi) is 4.86. The lowest BCUT2D eigenvalue weighted by atomic mass is 9.84. The summed E-state index contributed by atoms with van der Waals surface area (Å²) in [5.41, 5.74) is -1.12. The summed E-state index contributed by atoms with van der Waals surface area (Å²) in [4.78, 5) is 27.2. The van der Waals surface area contributed by atoms with Crippen LogP contribution in [0.1, 0.15) is 19.4 Å². The number of esters is 1. The molecule has 0 aliphatic heterocycles. The second kappa shape index (κ2) is 6.17. The number of hydrogen-bond acceptors (Lipinski definition) is 5. The Labute approximate surface area is 111 Å². The third-order valence-electron chi connectivity index (χ3n) is 2.79. The second-order valence-corrected chi connectivity index (χ2v) is 4.21. The molecule has 1 aromatic rings. The van der Waals surface area contributed by atoms with Gasteiger partial charge in [-0.25, -0.2) is 4.98 Å². The highest BCUT2D eigenvalue weighted by Crippen LogP contribution is 2.28. The lowest BCUT2D eigenvalue weighted by molar-refractivity contribution is -0.167. The van der Waals surface area contributed by atoms with E-state index < -0.39 is 17.4 Å². The van der Waals surface area contributed by atoms with Crippen LogP contribution in [0.4, 0.5) is 0 Å². The average Bonchev–Trinajstić information content (AvgIpc) is 2.39. The van der Waals surface area contributed by atoms with Crippen LogP contribution in [0.15, 0.2) is 18.3 Å². The van der Waals surface area contributed by atoms with Gasteiger partial charge in [-0.1, -0.05) is 6.07 Å². The summed E-state index contributed by atoms with van der Waals surface area (Å²) in [5.74, 6) is -1.70. The fraction of sp³-hybridized carbons (Fsp3) is 0.462. The minimum Gasteiger partial charge on any atom is -0.481 e. The van der Waals surface area contributed by atoms with Gasteiger partial charge in [0, 0.05) is 18.2 Å². The van der Waals surface area contributed by atoms with Gasteiger partial charge in [0.25, 0.3) is 0 Å². The molecule has 0 bridgehead atoms. The summed E-state index contributed by atoms with van der Waals surface area (Å²) in [6.45, 7) is 3.09. The Morgan fingerprint density at radius 2 is 2.16 bits per heavy atom. The molecule has 0 aromatic carbocycles. The number of hydrogen-bond donors (Lipinski definition) is 1. The third-order valence-corrected chi connectivity index (χ3v) is 2.79. The van der Waals surface area contributed by atoms with Crippen LogP contribution in [0.25, 0.3) is 0 Å². The minimum absolute atomic E-state index is 0.0435. The van der Waals surface area contributed by atoms with E-state index in [9.17, 15) is 14.7 Å². The zero-order valence-corrected chi connectivity index (χ0v) is 11.2. The van der Waals surface area contributed by atoms with Crippen molar-refractivity contribution in [3.8, 4) is 5.88 Å². The van der Waals surface area contributed by atoms with Crippen LogP contribution in [0.2, 0.25) is 0 Å². The summed E-state index contributed by atoms with van der Waals surface area (Å²) in [6.07, 6.45) is 1.49. The summed E-state index contributed by atoms with van der Waals surface area (Å²) in [5, 5.41) is 9.29. The quantitative estimate of drug-likeness (QED) is 0.617. The molecule has 0 aliphatic rings. The third kappa shape index (κ3) is 3.21. The first-order valence-electron chi connectivity index (χ1n) is 5.84. The molecular formula is C13H17NO5. The molecule has 6 heteroatoms. The number of aromatic nitrogens is 1. The van der Waals surface area contributed by atoms with E-state index in [4.69, 9.17) is 9.47 Å². The van der Waals surface area contributed by atoms with E-state index in [1.807, 2.05) is 0 Å². The summed E-state index contributed by atoms with van der Waals surface area (Å²) < 4.78 is 9.89. The van der Waals surface area contributed by atoms with Crippen LogP contribution in [0.5, 0.6) is 5.88 Å². The molecule has 104 valence electrons. The average molecular weight is 267 g/mol. The Bertz CT molecular complexity index is 474. The Balaban J connectivity index is 3.08. The van der Waals surface area contributed by atoms with Crippen molar-refractivity contribution in [2.24, 2.45) is 5.41 Å². The van der Waals surface area contributed by atoms with E-state index in [2.05, 4.69) is 4.98 Å². The van der Waals surface area contributed by atoms with Gasteiger partial charge in [0.2, 0.25) is 5.88 Å². The standard InChI is InChI=1S/C13H17NO5/c1-4-19-12(17)13(2,11(15)16)8-9-6-5-7-14-10(9)18-3/h5-7H,4,8H2,1-3H3,(H,15,16). The monoisotopic (exact) mass is 267 g/mol. The van der Waals surface area contributed by atoms with Gasteiger partial charge in [0.05, 0.1) is 13.7 Å². The van der Waals surface area contributed by atoms with Gasteiger partial charge in [-0.15, -0.1) is 0 Å². The van der Waals surface area contributed by atoms with Crippen LogP contribution in [-0.4, -0.2) is 35.7 Å². The largest absolute Gasteiger partial charge is 0.481 e. The van der Waals surface area contributed by atoms with Gasteiger partial charge in [0.1, 0.15) is 0 Å². The van der Waals surface area contributed by atoms with Crippen LogP contribution >= 0.6 is 0 Å². The van der Waals surface area contributed by atoms with Crippen molar-refractivity contribution in [1.29, 1.82) is 0 Å². The van der Waals surface area contributed by atoms with E-state index >= 15 is 0 Å². The number of carboxylic acid groups (broad SMARTS) is 1. The normalized spacial score (nSPS) is 13.4. The lowest BCUT2D eigenvalue weighted by Crippen LogP contribution is -2.40. The fourth-order valence-electron chi connectivity index (χ4n) is 1.65. The number of carbonyl (C=O) groups is 2. The first-order chi connectivity index (χ1) is 8.95. The Morgan fingerprint density at radius 3 is 2.68 bits per heavy atom. The molecule has 0 radical (unpaired) electrons. The number of aliphatic carboxylic acids is 1. The van der Waals surface area contributed by atoms with Crippen molar-refractivity contribution in [3.63, 3.8) is 0 Å². The number of nitrogens with zero attached hydrogens (tertiary/aromatic N) is 1. The number of pyridine rings is 1. The van der Waals surface area contributed by atoms with Gasteiger partial charge in [0.15, 0.2) is 5.41 Å². The zero-order chi connectivity index (χ0) is 14.5. The van der Waals surface area contributed by atoms with Crippen molar-refractivity contribution >= 4 is 11.9 Å². The maximum atomic E-state index is 11.8. The molecule has 0 spiro atoms. The molecule has 1 rings (SSSR count). The Hall–Kier alpha value is -2.11. The molecule has 1 atom stereocenters. The maximum absolute atomic E-state index is 11.8. The summed E-state index contributed by atoms with van der Waals surface area (Å²) in [6, 6.07) is 3.33. The molecule has 0 saturated heterocycles. The molecular weight excluding hydrogens is 250 g/mol. The van der Waals surface area contributed by atoms with Gasteiger partial charge in [-0.05, 0) is 19.9 Å². The summed E-state index contributed by atoms with van der Waals surface area (Å²) in [7, 11) is 1.44. The molecule has 1 aromatic heterocycles. The molecule has 0 amide bonds. The van der Waals surface area contributed by atoms with Gasteiger partial charge >= 0.3 is 11.9 Å². The topological polar surface area (TPSA) is 85.7 Å². The van der Waals surface area contributed by atoms with Crippen molar-refractivity contribution in [3.05, 3.63) is 23.9 Å². The number of methoxy groups -OCH3 is 1. The smallest absolute Gasteiger partial charge is 0.323 e. The molecule has 1 unspecified atom stereocenters. The van der Waals surface area contributed by atoms with Gasteiger partial charge < -0.3 is 14.6 Å². The predicted molar refractivity (Wildman–Crippen MR) is 66.9 cm³/mol. The molecule has 0 fully saturated rings. The van der Waals surface area contributed by atoms with Gasteiger partial charge in [-0.3, -0.25) is 9.59 Å². The molecule has 0 aliphatic carbocycles. The van der Waals surface area contributed by atoms with Crippen LogP contribution in [0, 0.1) is 5.41 Å². The van der Waals surface area contributed by atoms with E-state index in [1.54, 1.807) is 19.1 Å². The molecule has 1 N–H and O–H groups in total. The Morgan fingerprint density at radius 1 is 1.47 bits per heavy atom. The number of carboxylic acids is 1.